The zero-order valence-corrected chi connectivity index (χ0v) is 16.5. The maximum absolute atomic E-state index is 13.5. The van der Waals surface area contributed by atoms with Gasteiger partial charge in [-0.3, -0.25) is 14.6 Å². The Morgan fingerprint density at radius 3 is 3.00 bits per heavy atom. The van der Waals surface area contributed by atoms with Crippen molar-refractivity contribution in [3.05, 3.63) is 53.9 Å². The molecule has 28 heavy (non-hydrogen) atoms. The highest BCUT2D eigenvalue weighted by atomic mass is 32.2. The number of fused-ring (bicyclic) bond motifs is 1. The molecule has 2 N–H and O–H groups in total. The third-order valence-corrected chi connectivity index (χ3v) is 6.24. The Kier molecular flexibility index (Phi) is 5.92. The standard InChI is InChI=1S/C21H24N4O2S/c26-20-14-28-19-7-6-15(12-18(19)24-20)21(27)25(13-16-4-1-2-10-23-16)17-5-3-9-22-11-8-17/h1-2,4,6-7,10,12,17,22H,3,5,8-9,11,13-14H2,(H,24,26). The summed E-state index contributed by atoms with van der Waals surface area (Å²) in [6.07, 6.45) is 4.71. The van der Waals surface area contributed by atoms with E-state index in [9.17, 15) is 9.59 Å². The van der Waals surface area contributed by atoms with Crippen molar-refractivity contribution in [3.8, 4) is 0 Å². The summed E-state index contributed by atoms with van der Waals surface area (Å²) in [5, 5.41) is 6.30. The first-order chi connectivity index (χ1) is 13.7. The van der Waals surface area contributed by atoms with Crippen molar-refractivity contribution in [2.45, 2.75) is 36.7 Å². The lowest BCUT2D eigenvalue weighted by molar-refractivity contribution is -0.113. The maximum atomic E-state index is 13.5. The molecule has 6 nitrogen and oxygen atoms in total. The molecular formula is C21H24N4O2S. The van der Waals surface area contributed by atoms with E-state index in [-0.39, 0.29) is 17.9 Å². The quantitative estimate of drug-likeness (QED) is 0.831. The molecule has 0 radical (unpaired) electrons. The molecule has 2 aliphatic heterocycles. The Bertz CT molecular complexity index is 851. The van der Waals surface area contributed by atoms with Crippen LogP contribution >= 0.6 is 11.8 Å². The number of hydrogen-bond donors (Lipinski definition) is 2. The summed E-state index contributed by atoms with van der Waals surface area (Å²) in [6.45, 7) is 2.39. The van der Waals surface area contributed by atoms with E-state index in [1.807, 2.05) is 41.3 Å². The van der Waals surface area contributed by atoms with Gasteiger partial charge in [0.25, 0.3) is 5.91 Å². The lowest BCUT2D eigenvalue weighted by atomic mass is 10.0. The van der Waals surface area contributed by atoms with E-state index in [1.165, 1.54) is 11.8 Å². The summed E-state index contributed by atoms with van der Waals surface area (Å²) < 4.78 is 0. The molecule has 1 saturated heterocycles. The highest BCUT2D eigenvalue weighted by molar-refractivity contribution is 8.00. The zero-order chi connectivity index (χ0) is 19.3. The van der Waals surface area contributed by atoms with Crippen molar-refractivity contribution >= 4 is 29.3 Å². The highest BCUT2D eigenvalue weighted by Gasteiger charge is 2.27. The van der Waals surface area contributed by atoms with Crippen LogP contribution in [0, 0.1) is 0 Å². The van der Waals surface area contributed by atoms with Crippen molar-refractivity contribution in [1.29, 1.82) is 0 Å². The number of pyridine rings is 1. The van der Waals surface area contributed by atoms with Gasteiger partial charge in [0, 0.05) is 22.7 Å². The SMILES string of the molecule is O=C1CSc2ccc(C(=O)N(Cc3ccccn3)C3CCCNCC3)cc2N1. The van der Waals surface area contributed by atoms with Gasteiger partial charge in [0.15, 0.2) is 0 Å². The van der Waals surface area contributed by atoms with Gasteiger partial charge in [-0.1, -0.05) is 6.07 Å². The molecule has 0 aliphatic carbocycles. The summed E-state index contributed by atoms with van der Waals surface area (Å²) >= 11 is 1.50. The minimum Gasteiger partial charge on any atom is -0.330 e. The van der Waals surface area contributed by atoms with Gasteiger partial charge in [-0.15, -0.1) is 11.8 Å². The largest absolute Gasteiger partial charge is 0.330 e. The minimum atomic E-state index is -0.0257. The molecule has 7 heteroatoms. The number of amides is 2. The van der Waals surface area contributed by atoms with Crippen molar-refractivity contribution in [1.82, 2.24) is 15.2 Å². The first-order valence-corrected chi connectivity index (χ1v) is 10.7. The van der Waals surface area contributed by atoms with Crippen LogP contribution in [0.3, 0.4) is 0 Å². The Hall–Kier alpha value is -2.38. The van der Waals surface area contributed by atoms with Crippen molar-refractivity contribution in [3.63, 3.8) is 0 Å². The van der Waals surface area contributed by atoms with Crippen LogP contribution in [-0.4, -0.2) is 46.6 Å². The van der Waals surface area contributed by atoms with Gasteiger partial charge in [0.05, 0.1) is 23.7 Å². The number of hydrogen-bond acceptors (Lipinski definition) is 5. The van der Waals surface area contributed by atoms with Gasteiger partial charge in [0.2, 0.25) is 5.91 Å². The average molecular weight is 397 g/mol. The predicted octanol–water partition coefficient (Wildman–Crippen LogP) is 2.91. The molecule has 0 bridgehead atoms. The number of nitrogens with one attached hydrogen (secondary N) is 2. The summed E-state index contributed by atoms with van der Waals surface area (Å²) in [5.74, 6) is 0.383. The number of anilines is 1. The molecule has 1 aromatic heterocycles. The third-order valence-electron chi connectivity index (χ3n) is 5.16. The molecule has 0 saturated carbocycles. The molecule has 2 aliphatic rings. The van der Waals surface area contributed by atoms with Gasteiger partial charge in [0.1, 0.15) is 0 Å². The van der Waals surface area contributed by atoms with Crippen LogP contribution in [0.15, 0.2) is 47.5 Å². The van der Waals surface area contributed by atoms with Gasteiger partial charge in [-0.2, -0.15) is 0 Å². The second-order valence-corrected chi connectivity index (χ2v) is 8.15. The zero-order valence-electron chi connectivity index (χ0n) is 15.7. The van der Waals surface area contributed by atoms with Crippen LogP contribution in [0.1, 0.15) is 35.3 Å². The summed E-state index contributed by atoms with van der Waals surface area (Å²) in [7, 11) is 0. The van der Waals surface area contributed by atoms with E-state index in [0.717, 1.165) is 48.6 Å². The first kappa shape index (κ1) is 19.0. The van der Waals surface area contributed by atoms with E-state index in [2.05, 4.69) is 15.6 Å². The number of carbonyl (C=O) groups excluding carboxylic acids is 2. The maximum Gasteiger partial charge on any atom is 0.254 e. The number of rotatable bonds is 4. The van der Waals surface area contributed by atoms with Gasteiger partial charge in [-0.05, 0) is 62.7 Å². The highest BCUT2D eigenvalue weighted by Crippen LogP contribution is 2.32. The monoisotopic (exact) mass is 396 g/mol. The second-order valence-electron chi connectivity index (χ2n) is 7.14. The smallest absolute Gasteiger partial charge is 0.254 e. The molecule has 4 rings (SSSR count). The van der Waals surface area contributed by atoms with Gasteiger partial charge >= 0.3 is 0 Å². The fourth-order valence-corrected chi connectivity index (χ4v) is 4.52. The van der Waals surface area contributed by atoms with Crippen LogP contribution in [0.5, 0.6) is 0 Å². The number of aromatic nitrogens is 1. The van der Waals surface area contributed by atoms with Crippen LogP contribution in [0.2, 0.25) is 0 Å². The lowest BCUT2D eigenvalue weighted by Crippen LogP contribution is -2.40. The van der Waals surface area contributed by atoms with Crippen LogP contribution in [0.25, 0.3) is 0 Å². The van der Waals surface area contributed by atoms with E-state index < -0.39 is 0 Å². The molecular weight excluding hydrogens is 372 g/mol. The van der Waals surface area contributed by atoms with Crippen molar-refractivity contribution in [2.75, 3.05) is 24.2 Å². The van der Waals surface area contributed by atoms with Crippen molar-refractivity contribution in [2.24, 2.45) is 0 Å². The second kappa shape index (κ2) is 8.75. The van der Waals surface area contributed by atoms with Gasteiger partial charge < -0.3 is 15.5 Å². The lowest BCUT2D eigenvalue weighted by Gasteiger charge is -2.31. The average Bonchev–Trinajstić information content (AvgIpc) is 3.01. The van der Waals surface area contributed by atoms with Crippen LogP contribution in [-0.2, 0) is 11.3 Å². The Morgan fingerprint density at radius 2 is 2.14 bits per heavy atom. The van der Waals surface area contributed by atoms with Crippen LogP contribution < -0.4 is 10.6 Å². The predicted molar refractivity (Wildman–Crippen MR) is 110 cm³/mol. The van der Waals surface area contributed by atoms with Gasteiger partial charge in [-0.25, -0.2) is 0 Å². The van der Waals surface area contributed by atoms with Crippen molar-refractivity contribution < 1.29 is 9.59 Å². The van der Waals surface area contributed by atoms with E-state index in [1.54, 1.807) is 6.20 Å². The molecule has 2 amide bonds. The van der Waals surface area contributed by atoms with Crippen LogP contribution in [0.4, 0.5) is 5.69 Å². The number of carbonyl (C=O) groups is 2. The molecule has 0 spiro atoms. The molecule has 3 heterocycles. The van der Waals surface area contributed by atoms with E-state index >= 15 is 0 Å². The first-order valence-electron chi connectivity index (χ1n) is 9.69. The minimum absolute atomic E-state index is 0.00910. The molecule has 2 aromatic rings. The Labute approximate surface area is 169 Å². The topological polar surface area (TPSA) is 74.3 Å². The summed E-state index contributed by atoms with van der Waals surface area (Å²) in [5.41, 5.74) is 2.22. The van der Waals surface area contributed by atoms with E-state index in [4.69, 9.17) is 0 Å². The normalized spacial score (nSPS) is 19.3. The molecule has 1 aromatic carbocycles. The third kappa shape index (κ3) is 4.36. The fraction of sp³-hybridized carbons (Fsp3) is 0.381. The summed E-state index contributed by atoms with van der Waals surface area (Å²) in [4.78, 5) is 32.6. The summed E-state index contributed by atoms with van der Waals surface area (Å²) in [6, 6.07) is 11.6. The Morgan fingerprint density at radius 1 is 1.21 bits per heavy atom. The number of benzene rings is 1. The molecule has 146 valence electrons. The number of nitrogens with zero attached hydrogens (tertiary/aromatic N) is 2. The fourth-order valence-electron chi connectivity index (χ4n) is 3.73. The molecule has 1 fully saturated rings. The molecule has 1 atom stereocenters. The molecule has 1 unspecified atom stereocenters. The van der Waals surface area contributed by atoms with E-state index in [0.29, 0.717) is 17.9 Å². The Balaban J connectivity index is 1.62. The number of thioether (sulfide) groups is 1.